The summed E-state index contributed by atoms with van der Waals surface area (Å²) in [6.07, 6.45) is 7.35. The molecule has 2 fully saturated rings. The first-order valence-electron chi connectivity index (χ1n) is 9.16. The van der Waals surface area contributed by atoms with E-state index >= 15 is 0 Å². The van der Waals surface area contributed by atoms with Crippen LogP contribution >= 0.6 is 11.3 Å². The first-order valence-corrected chi connectivity index (χ1v) is 9.98. The fourth-order valence-corrected chi connectivity index (χ4v) is 5.00. The van der Waals surface area contributed by atoms with Crippen molar-refractivity contribution in [2.45, 2.75) is 58.3 Å². The average Bonchev–Trinajstić information content (AvgIpc) is 3.22. The smallest absolute Gasteiger partial charge is 0.265 e. The van der Waals surface area contributed by atoms with E-state index in [1.807, 2.05) is 11.8 Å². The highest BCUT2D eigenvalue weighted by molar-refractivity contribution is 7.13. The molecule has 0 spiro atoms. The Morgan fingerprint density at radius 1 is 1.26 bits per heavy atom. The van der Waals surface area contributed by atoms with E-state index in [1.165, 1.54) is 30.7 Å². The van der Waals surface area contributed by atoms with Crippen LogP contribution in [0, 0.1) is 12.8 Å². The maximum atomic E-state index is 12.9. The number of hydrogen-bond donors (Lipinski definition) is 1. The highest BCUT2D eigenvalue weighted by atomic mass is 32.1. The number of rotatable bonds is 5. The zero-order valence-electron chi connectivity index (χ0n) is 14.4. The Kier molecular flexibility index (Phi) is 5.70. The molecule has 128 valence electrons. The zero-order chi connectivity index (χ0) is 16.2. The van der Waals surface area contributed by atoms with Crippen LogP contribution in [-0.4, -0.2) is 42.0 Å². The van der Waals surface area contributed by atoms with E-state index < -0.39 is 0 Å². The highest BCUT2D eigenvalue weighted by Gasteiger charge is 2.28. The Hall–Kier alpha value is -0.940. The molecule has 1 saturated heterocycles. The summed E-state index contributed by atoms with van der Waals surface area (Å²) in [5, 5.41) is 4.63. The predicted molar refractivity (Wildman–Crippen MR) is 95.2 cm³/mol. The second kappa shape index (κ2) is 7.75. The van der Waals surface area contributed by atoms with Gasteiger partial charge in [-0.3, -0.25) is 4.79 Å². The lowest BCUT2D eigenvalue weighted by atomic mass is 9.96. The fraction of sp³-hybridized carbons (Fsp3) is 0.778. The molecule has 1 N–H and O–H groups in total. The Balaban J connectivity index is 1.60. The van der Waals surface area contributed by atoms with Gasteiger partial charge in [0.25, 0.3) is 5.91 Å². The molecule has 1 aromatic heterocycles. The van der Waals surface area contributed by atoms with Crippen molar-refractivity contribution in [2.24, 2.45) is 5.92 Å². The molecule has 1 aliphatic carbocycles. The molecule has 1 aliphatic heterocycles. The normalized spacial score (nSPS) is 20.3. The molecule has 0 bridgehead atoms. The van der Waals surface area contributed by atoms with Gasteiger partial charge in [-0.15, -0.1) is 11.3 Å². The molecule has 0 unspecified atom stereocenters. The van der Waals surface area contributed by atoms with Crippen LogP contribution in [0.2, 0.25) is 0 Å². The van der Waals surface area contributed by atoms with Gasteiger partial charge in [0.2, 0.25) is 0 Å². The van der Waals surface area contributed by atoms with Crippen molar-refractivity contribution in [3.05, 3.63) is 15.6 Å². The van der Waals surface area contributed by atoms with Crippen LogP contribution in [0.1, 0.15) is 71.7 Å². The third-order valence-electron chi connectivity index (χ3n) is 5.30. The third-order valence-corrected chi connectivity index (χ3v) is 6.60. The highest BCUT2D eigenvalue weighted by Crippen LogP contribution is 2.37. The van der Waals surface area contributed by atoms with Gasteiger partial charge in [0.15, 0.2) is 0 Å². The minimum atomic E-state index is 0.214. The molecule has 2 aliphatic rings. The zero-order valence-corrected chi connectivity index (χ0v) is 15.3. The summed E-state index contributed by atoms with van der Waals surface area (Å²) >= 11 is 1.66. The van der Waals surface area contributed by atoms with Crippen LogP contribution < -0.4 is 5.32 Å². The van der Waals surface area contributed by atoms with Crippen molar-refractivity contribution in [3.8, 4) is 0 Å². The van der Waals surface area contributed by atoms with Crippen LogP contribution in [0.4, 0.5) is 0 Å². The Bertz CT molecular complexity index is 528. The minimum Gasteiger partial charge on any atom is -0.338 e. The Labute approximate surface area is 143 Å². The molecule has 0 radical (unpaired) electrons. The first-order chi connectivity index (χ1) is 11.2. The van der Waals surface area contributed by atoms with Gasteiger partial charge in [-0.05, 0) is 51.6 Å². The van der Waals surface area contributed by atoms with Gasteiger partial charge >= 0.3 is 0 Å². The second-order valence-corrected chi connectivity index (χ2v) is 8.02. The van der Waals surface area contributed by atoms with Gasteiger partial charge in [-0.1, -0.05) is 19.8 Å². The van der Waals surface area contributed by atoms with Crippen molar-refractivity contribution < 1.29 is 4.79 Å². The van der Waals surface area contributed by atoms with Gasteiger partial charge in [-0.2, -0.15) is 0 Å². The maximum Gasteiger partial charge on any atom is 0.265 e. The number of carbonyl (C=O) groups excluding carboxylic acids is 1. The molecular formula is C18H29N3OS. The summed E-state index contributed by atoms with van der Waals surface area (Å²) in [5.74, 6) is 1.54. The molecule has 23 heavy (non-hydrogen) atoms. The number of aryl methyl sites for hydroxylation is 1. The SMILES string of the molecule is CCNCC1CCN(C(=O)c2sc(C3CCCC3)nc2C)CC1. The van der Waals surface area contributed by atoms with Crippen molar-refractivity contribution in [1.29, 1.82) is 0 Å². The summed E-state index contributed by atoms with van der Waals surface area (Å²) in [7, 11) is 0. The third kappa shape index (κ3) is 3.94. The topological polar surface area (TPSA) is 45.2 Å². The molecule has 0 atom stereocenters. The molecule has 4 nitrogen and oxygen atoms in total. The van der Waals surface area contributed by atoms with E-state index in [0.29, 0.717) is 5.92 Å². The van der Waals surface area contributed by atoms with E-state index in [4.69, 9.17) is 4.98 Å². The van der Waals surface area contributed by atoms with Crippen molar-refractivity contribution >= 4 is 17.2 Å². The maximum absolute atomic E-state index is 12.9. The molecular weight excluding hydrogens is 306 g/mol. The van der Waals surface area contributed by atoms with Crippen LogP contribution in [0.5, 0.6) is 0 Å². The van der Waals surface area contributed by atoms with Crippen LogP contribution in [0.25, 0.3) is 0 Å². The van der Waals surface area contributed by atoms with Gasteiger partial charge in [-0.25, -0.2) is 4.98 Å². The number of thiazole rings is 1. The molecule has 2 heterocycles. The summed E-state index contributed by atoms with van der Waals surface area (Å²) < 4.78 is 0. The molecule has 1 aromatic rings. The molecule has 3 rings (SSSR count). The lowest BCUT2D eigenvalue weighted by Gasteiger charge is -2.31. The quantitative estimate of drug-likeness (QED) is 0.895. The summed E-state index contributed by atoms with van der Waals surface area (Å²) in [4.78, 5) is 20.5. The first kappa shape index (κ1) is 16.9. The lowest BCUT2D eigenvalue weighted by molar-refractivity contribution is 0.0694. The van der Waals surface area contributed by atoms with Crippen LogP contribution in [0.15, 0.2) is 0 Å². The van der Waals surface area contributed by atoms with Crippen LogP contribution in [-0.2, 0) is 0 Å². The van der Waals surface area contributed by atoms with Crippen LogP contribution in [0.3, 0.4) is 0 Å². The van der Waals surface area contributed by atoms with E-state index in [1.54, 1.807) is 11.3 Å². The molecule has 0 aromatic carbocycles. The Morgan fingerprint density at radius 3 is 2.61 bits per heavy atom. The number of aromatic nitrogens is 1. The van der Waals surface area contributed by atoms with E-state index in [2.05, 4.69) is 12.2 Å². The largest absolute Gasteiger partial charge is 0.338 e. The number of piperidine rings is 1. The second-order valence-electron chi connectivity index (χ2n) is 6.99. The molecule has 1 amide bonds. The number of nitrogens with one attached hydrogen (secondary N) is 1. The Morgan fingerprint density at radius 2 is 1.96 bits per heavy atom. The predicted octanol–water partition coefficient (Wildman–Crippen LogP) is 3.57. The number of hydrogen-bond acceptors (Lipinski definition) is 4. The number of amides is 1. The fourth-order valence-electron chi connectivity index (χ4n) is 3.80. The van der Waals surface area contributed by atoms with Crippen molar-refractivity contribution in [2.75, 3.05) is 26.2 Å². The van der Waals surface area contributed by atoms with Gasteiger partial charge in [0.05, 0.1) is 10.7 Å². The lowest BCUT2D eigenvalue weighted by Crippen LogP contribution is -2.40. The van der Waals surface area contributed by atoms with E-state index in [9.17, 15) is 4.79 Å². The molecule has 5 heteroatoms. The standard InChI is InChI=1S/C18H29N3OS/c1-3-19-12-14-8-10-21(11-9-14)18(22)16-13(2)20-17(23-16)15-6-4-5-7-15/h14-15,19H,3-12H2,1-2H3. The van der Waals surface area contributed by atoms with E-state index in [0.717, 1.165) is 55.5 Å². The van der Waals surface area contributed by atoms with E-state index in [-0.39, 0.29) is 5.91 Å². The van der Waals surface area contributed by atoms with Crippen molar-refractivity contribution in [1.82, 2.24) is 15.2 Å². The number of carbonyl (C=O) groups is 1. The summed E-state index contributed by atoms with van der Waals surface area (Å²) in [6.45, 7) is 8.05. The summed E-state index contributed by atoms with van der Waals surface area (Å²) in [5.41, 5.74) is 0.941. The average molecular weight is 336 g/mol. The van der Waals surface area contributed by atoms with Gasteiger partial charge < -0.3 is 10.2 Å². The van der Waals surface area contributed by atoms with Gasteiger partial charge in [0, 0.05) is 19.0 Å². The number of nitrogens with zero attached hydrogens (tertiary/aromatic N) is 2. The number of likely N-dealkylation sites (tertiary alicyclic amines) is 1. The van der Waals surface area contributed by atoms with Crippen molar-refractivity contribution in [3.63, 3.8) is 0 Å². The molecule has 1 saturated carbocycles. The monoisotopic (exact) mass is 335 g/mol. The summed E-state index contributed by atoms with van der Waals surface area (Å²) in [6, 6.07) is 0. The minimum absolute atomic E-state index is 0.214. The van der Waals surface area contributed by atoms with Gasteiger partial charge in [0.1, 0.15) is 4.88 Å².